The van der Waals surface area contributed by atoms with E-state index in [1.165, 1.54) is 4.57 Å². The molecule has 4 rings (SSSR count). The van der Waals surface area contributed by atoms with E-state index in [-0.39, 0.29) is 6.04 Å². The topological polar surface area (TPSA) is 56.9 Å². The molecular formula is C23H18ClF6N3O2. The molecule has 2 aromatic carbocycles. The zero-order valence-electron chi connectivity index (χ0n) is 18.0. The van der Waals surface area contributed by atoms with Gasteiger partial charge in [-0.1, -0.05) is 23.7 Å². The van der Waals surface area contributed by atoms with E-state index < -0.39 is 59.9 Å². The van der Waals surface area contributed by atoms with Crippen molar-refractivity contribution >= 4 is 17.4 Å². The van der Waals surface area contributed by atoms with Gasteiger partial charge in [0.15, 0.2) is 11.6 Å². The van der Waals surface area contributed by atoms with Crippen LogP contribution in [0.3, 0.4) is 0 Å². The monoisotopic (exact) mass is 517 g/mol. The number of Topliss-reactive ketones (excluding diaryl/α,β-unsaturated/α-hetero) is 1. The Morgan fingerprint density at radius 3 is 2.23 bits per heavy atom. The molecule has 1 heterocycles. The molecule has 0 radical (unpaired) electrons. The second kappa shape index (κ2) is 9.18. The van der Waals surface area contributed by atoms with E-state index in [1.54, 1.807) is 24.3 Å². The number of hydrogen-bond acceptors (Lipinski definition) is 3. The van der Waals surface area contributed by atoms with Crippen molar-refractivity contribution in [1.82, 2.24) is 14.3 Å². The van der Waals surface area contributed by atoms with E-state index in [0.717, 1.165) is 29.7 Å². The Bertz CT molecular complexity index is 1300. The average Bonchev–Trinajstić information content (AvgIpc) is 3.55. The van der Waals surface area contributed by atoms with Crippen molar-refractivity contribution in [1.29, 1.82) is 0 Å². The fourth-order valence-electron chi connectivity index (χ4n) is 3.88. The fourth-order valence-corrected chi connectivity index (χ4v) is 4.01. The summed E-state index contributed by atoms with van der Waals surface area (Å²) >= 11 is 5.91. The third-order valence-corrected chi connectivity index (χ3v) is 5.88. The van der Waals surface area contributed by atoms with Gasteiger partial charge in [0.25, 0.3) is 0 Å². The van der Waals surface area contributed by atoms with E-state index in [9.17, 15) is 35.9 Å². The molecule has 0 aliphatic heterocycles. The molecule has 1 saturated carbocycles. The lowest BCUT2D eigenvalue weighted by molar-refractivity contribution is -0.162. The van der Waals surface area contributed by atoms with E-state index in [4.69, 9.17) is 11.6 Å². The number of ketones is 1. The molecule has 0 amide bonds. The van der Waals surface area contributed by atoms with Gasteiger partial charge >= 0.3 is 18.0 Å². The van der Waals surface area contributed by atoms with Crippen LogP contribution in [-0.4, -0.2) is 20.1 Å². The summed E-state index contributed by atoms with van der Waals surface area (Å²) in [6.07, 6.45) is -10.0. The Morgan fingerprint density at radius 2 is 1.66 bits per heavy atom. The van der Waals surface area contributed by atoms with Gasteiger partial charge in [0, 0.05) is 23.0 Å². The predicted octanol–water partition coefficient (Wildman–Crippen LogP) is 5.94. The van der Waals surface area contributed by atoms with Crippen molar-refractivity contribution in [2.24, 2.45) is 0 Å². The minimum atomic E-state index is -5.25. The van der Waals surface area contributed by atoms with Crippen LogP contribution in [0.5, 0.6) is 0 Å². The highest BCUT2D eigenvalue weighted by atomic mass is 35.5. The lowest BCUT2D eigenvalue weighted by atomic mass is 9.96. The minimum absolute atomic E-state index is 0.0727. The van der Waals surface area contributed by atoms with Crippen molar-refractivity contribution in [2.45, 2.75) is 50.6 Å². The Hall–Kier alpha value is -3.08. The smallest absolute Gasteiger partial charge is 0.298 e. The first-order valence-corrected chi connectivity index (χ1v) is 11.0. The van der Waals surface area contributed by atoms with Crippen molar-refractivity contribution in [2.75, 3.05) is 0 Å². The van der Waals surface area contributed by atoms with Crippen molar-refractivity contribution in [3.05, 3.63) is 74.7 Å². The van der Waals surface area contributed by atoms with Crippen molar-refractivity contribution in [3.8, 4) is 11.4 Å². The summed E-state index contributed by atoms with van der Waals surface area (Å²) in [5.74, 6) is -0.306. The Balaban J connectivity index is 1.56. The predicted molar refractivity (Wildman–Crippen MR) is 115 cm³/mol. The molecule has 5 nitrogen and oxygen atoms in total. The van der Waals surface area contributed by atoms with Crippen LogP contribution in [0.25, 0.3) is 11.4 Å². The standard InChI is InChI=1S/C23H18ClF6N3O2/c24-15-7-4-14(5-8-15)20-31-32(21(35)33(20)16-9-10-16)12-17(34)11-6-13-2-1-3-18(22(25,26)27)19(13)23(28,29)30/h1-5,7-8,16H,6,9-12H2. The molecule has 12 heteroatoms. The number of nitrogens with zero attached hydrogens (tertiary/aromatic N) is 3. The molecular weight excluding hydrogens is 500 g/mol. The van der Waals surface area contributed by atoms with Crippen LogP contribution >= 0.6 is 11.6 Å². The van der Waals surface area contributed by atoms with Gasteiger partial charge in [0.05, 0.1) is 11.1 Å². The molecule has 0 unspecified atom stereocenters. The number of aryl methyl sites for hydroxylation is 1. The van der Waals surface area contributed by atoms with Gasteiger partial charge in [-0.3, -0.25) is 9.36 Å². The SMILES string of the molecule is O=C(CCc1cccc(C(F)(F)F)c1C(F)(F)F)Cn1nc(-c2ccc(Cl)cc2)n(C2CC2)c1=O. The maximum Gasteiger partial charge on any atom is 0.417 e. The Kier molecular flexibility index (Phi) is 6.56. The van der Waals surface area contributed by atoms with Gasteiger partial charge in [-0.2, -0.15) is 26.3 Å². The maximum atomic E-state index is 13.4. The summed E-state index contributed by atoms with van der Waals surface area (Å²) in [6, 6.07) is 8.65. The van der Waals surface area contributed by atoms with Gasteiger partial charge < -0.3 is 0 Å². The fraction of sp³-hybridized carbons (Fsp3) is 0.348. The molecule has 1 aliphatic rings. The summed E-state index contributed by atoms with van der Waals surface area (Å²) in [7, 11) is 0. The molecule has 1 aliphatic carbocycles. The van der Waals surface area contributed by atoms with Crippen LogP contribution in [-0.2, 0) is 30.1 Å². The Labute approximate surface area is 199 Å². The highest BCUT2D eigenvalue weighted by molar-refractivity contribution is 6.30. The van der Waals surface area contributed by atoms with E-state index in [0.29, 0.717) is 22.5 Å². The van der Waals surface area contributed by atoms with Crippen LogP contribution in [0.4, 0.5) is 26.3 Å². The van der Waals surface area contributed by atoms with E-state index in [1.807, 2.05) is 0 Å². The summed E-state index contributed by atoms with van der Waals surface area (Å²) in [5.41, 5.74) is -4.19. The highest BCUT2D eigenvalue weighted by Crippen LogP contribution is 2.42. The largest absolute Gasteiger partial charge is 0.417 e. The molecule has 0 atom stereocenters. The normalized spacial score (nSPS) is 14.4. The number of aromatic nitrogens is 3. The van der Waals surface area contributed by atoms with Crippen molar-refractivity contribution in [3.63, 3.8) is 0 Å². The second-order valence-corrected chi connectivity index (χ2v) is 8.68. The van der Waals surface area contributed by atoms with Gasteiger partial charge in [-0.25, -0.2) is 9.48 Å². The number of hydrogen-bond donors (Lipinski definition) is 0. The van der Waals surface area contributed by atoms with Crippen LogP contribution < -0.4 is 5.69 Å². The molecule has 0 saturated heterocycles. The summed E-state index contributed by atoms with van der Waals surface area (Å²) < 4.78 is 82.1. The highest BCUT2D eigenvalue weighted by Gasteiger charge is 2.44. The molecule has 0 N–H and O–H groups in total. The third kappa shape index (κ3) is 5.44. The van der Waals surface area contributed by atoms with Crippen LogP contribution in [0.15, 0.2) is 47.3 Å². The van der Waals surface area contributed by atoms with Crippen LogP contribution in [0.1, 0.15) is 42.0 Å². The number of benzene rings is 2. The van der Waals surface area contributed by atoms with Crippen molar-refractivity contribution < 1.29 is 31.1 Å². The first-order chi connectivity index (χ1) is 16.4. The van der Waals surface area contributed by atoms with E-state index in [2.05, 4.69) is 5.10 Å². The van der Waals surface area contributed by atoms with Crippen LogP contribution in [0, 0.1) is 0 Å². The van der Waals surface area contributed by atoms with Gasteiger partial charge in [-0.15, -0.1) is 5.10 Å². The number of halogens is 7. The molecule has 1 fully saturated rings. The number of rotatable bonds is 7. The maximum absolute atomic E-state index is 13.4. The average molecular weight is 518 g/mol. The third-order valence-electron chi connectivity index (χ3n) is 5.62. The number of alkyl halides is 6. The van der Waals surface area contributed by atoms with Gasteiger partial charge in [0.2, 0.25) is 0 Å². The summed E-state index contributed by atoms with van der Waals surface area (Å²) in [5, 5.41) is 4.73. The van der Waals surface area contributed by atoms with Gasteiger partial charge in [-0.05, 0) is 55.2 Å². The molecule has 0 bridgehead atoms. The summed E-state index contributed by atoms with van der Waals surface area (Å²) in [4.78, 5) is 25.4. The zero-order valence-corrected chi connectivity index (χ0v) is 18.7. The molecule has 186 valence electrons. The first-order valence-electron chi connectivity index (χ1n) is 10.6. The number of carbonyl (C=O) groups is 1. The summed E-state index contributed by atoms with van der Waals surface area (Å²) in [6.45, 7) is -0.514. The van der Waals surface area contributed by atoms with Gasteiger partial charge in [0.1, 0.15) is 6.54 Å². The lowest BCUT2D eigenvalue weighted by Crippen LogP contribution is -2.27. The second-order valence-electron chi connectivity index (χ2n) is 8.25. The minimum Gasteiger partial charge on any atom is -0.298 e. The lowest BCUT2D eigenvalue weighted by Gasteiger charge is -2.19. The first kappa shape index (κ1) is 25.0. The number of carbonyl (C=O) groups excluding carboxylic acids is 1. The molecule has 3 aromatic rings. The quantitative estimate of drug-likeness (QED) is 0.365. The molecule has 0 spiro atoms. The zero-order chi connectivity index (χ0) is 25.5. The molecule has 35 heavy (non-hydrogen) atoms. The van der Waals surface area contributed by atoms with E-state index >= 15 is 0 Å². The molecule has 1 aromatic heterocycles. The Morgan fingerprint density at radius 1 is 1.00 bits per heavy atom. The van der Waals surface area contributed by atoms with Crippen LogP contribution in [0.2, 0.25) is 5.02 Å².